The molecule has 16 heteroatoms. The SMILES string of the molecule is CCNC(=O)Nc1nc2cc(Br)cc(C(=O)OCC)n2n1.CCOC(=O)c1cc(Br)cc2nc(N)nn12. The number of nitrogens with two attached hydrogens (primary N) is 1. The van der Waals surface area contributed by atoms with Crippen molar-refractivity contribution in [2.45, 2.75) is 20.8 Å². The van der Waals surface area contributed by atoms with Gasteiger partial charge in [0.2, 0.25) is 5.95 Å². The molecule has 0 radical (unpaired) electrons. The van der Waals surface area contributed by atoms with E-state index in [0.717, 1.165) is 4.47 Å². The zero-order valence-corrected chi connectivity index (χ0v) is 23.2. The molecule has 0 spiro atoms. The van der Waals surface area contributed by atoms with Crippen molar-refractivity contribution >= 4 is 73.0 Å². The summed E-state index contributed by atoms with van der Waals surface area (Å²) in [6, 6.07) is 6.17. The van der Waals surface area contributed by atoms with Crippen LogP contribution in [0.5, 0.6) is 0 Å². The molecule has 0 saturated heterocycles. The van der Waals surface area contributed by atoms with Crippen molar-refractivity contribution in [1.82, 2.24) is 34.5 Å². The van der Waals surface area contributed by atoms with Crippen LogP contribution in [0, 0.1) is 0 Å². The smallest absolute Gasteiger partial charge is 0.357 e. The van der Waals surface area contributed by atoms with Crippen molar-refractivity contribution in [2.75, 3.05) is 30.8 Å². The third kappa shape index (κ3) is 6.91. The molecule has 4 rings (SSSR count). The number of halogens is 2. The van der Waals surface area contributed by atoms with Gasteiger partial charge in [0.15, 0.2) is 22.7 Å². The van der Waals surface area contributed by atoms with Crippen molar-refractivity contribution in [1.29, 1.82) is 0 Å². The largest absolute Gasteiger partial charge is 0.461 e. The van der Waals surface area contributed by atoms with Gasteiger partial charge in [-0.2, -0.15) is 9.97 Å². The summed E-state index contributed by atoms with van der Waals surface area (Å²) in [5.41, 5.74) is 6.89. The van der Waals surface area contributed by atoms with Crippen LogP contribution in [0.1, 0.15) is 41.7 Å². The van der Waals surface area contributed by atoms with Gasteiger partial charge in [-0.3, -0.25) is 5.32 Å². The van der Waals surface area contributed by atoms with Crippen LogP contribution in [0.2, 0.25) is 0 Å². The van der Waals surface area contributed by atoms with Crippen LogP contribution in [-0.4, -0.2) is 66.9 Å². The zero-order chi connectivity index (χ0) is 27.1. The monoisotopic (exact) mass is 639 g/mol. The molecule has 0 aromatic carbocycles. The number of carbonyl (C=O) groups is 3. The van der Waals surface area contributed by atoms with Gasteiger partial charge in [-0.1, -0.05) is 31.9 Å². The van der Waals surface area contributed by atoms with Crippen LogP contribution in [0.3, 0.4) is 0 Å². The van der Waals surface area contributed by atoms with Crippen LogP contribution < -0.4 is 16.4 Å². The lowest BCUT2D eigenvalue weighted by Gasteiger charge is -2.04. The zero-order valence-electron chi connectivity index (χ0n) is 20.0. The highest BCUT2D eigenvalue weighted by molar-refractivity contribution is 9.10. The number of aromatic nitrogens is 6. The van der Waals surface area contributed by atoms with E-state index in [1.807, 2.05) is 0 Å². The number of amides is 2. The maximum atomic E-state index is 11.9. The first-order valence-electron chi connectivity index (χ1n) is 10.9. The number of esters is 2. The molecule has 0 atom stereocenters. The number of anilines is 2. The van der Waals surface area contributed by atoms with Crippen LogP contribution in [0.15, 0.2) is 33.2 Å². The van der Waals surface area contributed by atoms with Gasteiger partial charge in [0, 0.05) is 15.5 Å². The molecule has 0 unspecified atom stereocenters. The Labute approximate surface area is 227 Å². The first-order chi connectivity index (χ1) is 17.7. The highest BCUT2D eigenvalue weighted by atomic mass is 79.9. The third-order valence-electron chi connectivity index (χ3n) is 4.35. The number of urea groups is 1. The molecule has 0 aliphatic heterocycles. The number of hydrogen-bond donors (Lipinski definition) is 3. The van der Waals surface area contributed by atoms with Crippen LogP contribution in [0.4, 0.5) is 16.7 Å². The molecule has 4 N–H and O–H groups in total. The Kier molecular flexibility index (Phi) is 9.35. The Balaban J connectivity index is 0.000000213. The van der Waals surface area contributed by atoms with Gasteiger partial charge < -0.3 is 20.5 Å². The fraction of sp³-hybridized carbons (Fsp3) is 0.286. The molecule has 0 saturated carbocycles. The molecule has 2 amide bonds. The van der Waals surface area contributed by atoms with E-state index in [-0.39, 0.29) is 29.9 Å². The molecule has 37 heavy (non-hydrogen) atoms. The number of nitrogens with zero attached hydrogens (tertiary/aromatic N) is 6. The van der Waals surface area contributed by atoms with E-state index in [1.165, 1.54) is 9.03 Å². The number of nitrogen functional groups attached to an aromatic ring is 1. The second kappa shape index (κ2) is 12.4. The second-order valence-electron chi connectivity index (χ2n) is 6.99. The molecule has 196 valence electrons. The number of rotatable bonds is 6. The predicted molar refractivity (Wildman–Crippen MR) is 140 cm³/mol. The number of pyridine rings is 2. The standard InChI is InChI=1S/C12H14BrN5O3.C9H9BrN4O2/c1-3-14-12(20)16-11-15-9-6-7(13)5-8(18(9)17-11)10(19)21-4-2;1-2-16-8(15)6-3-5(10)4-7-12-9(11)13-14(6)7/h5-6H,3-4H2,1-2H3,(H2,14,16,17,20);3-4H,2H2,1H3,(H2,11,13). The van der Waals surface area contributed by atoms with E-state index in [9.17, 15) is 14.4 Å². The maximum Gasteiger partial charge on any atom is 0.357 e. The lowest BCUT2D eigenvalue weighted by Crippen LogP contribution is -2.28. The highest BCUT2D eigenvalue weighted by Gasteiger charge is 2.17. The summed E-state index contributed by atoms with van der Waals surface area (Å²) >= 11 is 6.58. The summed E-state index contributed by atoms with van der Waals surface area (Å²) in [6.07, 6.45) is 0. The van der Waals surface area contributed by atoms with E-state index in [0.29, 0.717) is 28.9 Å². The van der Waals surface area contributed by atoms with Crippen LogP contribution in [0.25, 0.3) is 11.3 Å². The molecule has 14 nitrogen and oxygen atoms in total. The number of ether oxygens (including phenoxy) is 2. The van der Waals surface area contributed by atoms with E-state index >= 15 is 0 Å². The predicted octanol–water partition coefficient (Wildman–Crippen LogP) is 3.06. The topological polar surface area (TPSA) is 180 Å². The Bertz CT molecular complexity index is 1450. The van der Waals surface area contributed by atoms with E-state index in [2.05, 4.69) is 62.7 Å². The molecular weight excluding hydrogens is 618 g/mol. The van der Waals surface area contributed by atoms with Gasteiger partial charge in [-0.05, 0) is 45.0 Å². The maximum absolute atomic E-state index is 11.9. The van der Waals surface area contributed by atoms with Crippen molar-refractivity contribution < 1.29 is 23.9 Å². The quantitative estimate of drug-likeness (QED) is 0.265. The van der Waals surface area contributed by atoms with E-state index in [4.69, 9.17) is 15.2 Å². The number of hydrogen-bond acceptors (Lipinski definition) is 10. The van der Waals surface area contributed by atoms with Gasteiger partial charge in [0.25, 0.3) is 5.95 Å². The first-order valence-corrected chi connectivity index (χ1v) is 12.5. The van der Waals surface area contributed by atoms with Crippen LogP contribution in [-0.2, 0) is 9.47 Å². The lowest BCUT2D eigenvalue weighted by molar-refractivity contribution is 0.0506. The van der Waals surface area contributed by atoms with Crippen molar-refractivity contribution in [3.05, 3.63) is 44.6 Å². The van der Waals surface area contributed by atoms with Gasteiger partial charge >= 0.3 is 18.0 Å². The Morgan fingerprint density at radius 2 is 1.38 bits per heavy atom. The Hall–Kier alpha value is -3.79. The minimum Gasteiger partial charge on any atom is -0.461 e. The lowest BCUT2D eigenvalue weighted by atomic mass is 10.3. The molecule has 4 aromatic rings. The normalized spacial score (nSPS) is 10.5. The Morgan fingerprint density at radius 1 is 0.865 bits per heavy atom. The number of nitrogens with one attached hydrogen (secondary N) is 2. The van der Waals surface area contributed by atoms with Crippen molar-refractivity contribution in [3.63, 3.8) is 0 Å². The average molecular weight is 641 g/mol. The summed E-state index contributed by atoms with van der Waals surface area (Å²) in [4.78, 5) is 43.1. The highest BCUT2D eigenvalue weighted by Crippen LogP contribution is 2.18. The molecule has 4 aromatic heterocycles. The summed E-state index contributed by atoms with van der Waals surface area (Å²) in [7, 11) is 0. The second-order valence-corrected chi connectivity index (χ2v) is 8.82. The molecular formula is C21H23Br2N9O5. The summed E-state index contributed by atoms with van der Waals surface area (Å²) in [5, 5.41) is 13.1. The minimum absolute atomic E-state index is 0.101. The molecule has 0 aliphatic rings. The first kappa shape index (κ1) is 27.8. The number of fused-ring (bicyclic) bond motifs is 2. The molecule has 0 bridgehead atoms. The third-order valence-corrected chi connectivity index (χ3v) is 5.27. The van der Waals surface area contributed by atoms with Crippen LogP contribution >= 0.6 is 31.9 Å². The fourth-order valence-electron chi connectivity index (χ4n) is 2.98. The van der Waals surface area contributed by atoms with E-state index < -0.39 is 18.0 Å². The summed E-state index contributed by atoms with van der Waals surface area (Å²) in [5.74, 6) is -0.759. The van der Waals surface area contributed by atoms with Gasteiger partial charge in [-0.15, -0.1) is 10.2 Å². The average Bonchev–Trinajstić information content (AvgIpc) is 3.40. The molecule has 0 aliphatic carbocycles. The minimum atomic E-state index is -0.516. The van der Waals surface area contributed by atoms with Gasteiger partial charge in [0.1, 0.15) is 0 Å². The fourth-order valence-corrected chi connectivity index (χ4v) is 3.82. The summed E-state index contributed by atoms with van der Waals surface area (Å²) in [6.45, 7) is 6.30. The van der Waals surface area contributed by atoms with Gasteiger partial charge in [-0.25, -0.2) is 23.4 Å². The van der Waals surface area contributed by atoms with Crippen molar-refractivity contribution in [2.24, 2.45) is 0 Å². The number of carbonyl (C=O) groups excluding carboxylic acids is 3. The molecule has 4 heterocycles. The van der Waals surface area contributed by atoms with Gasteiger partial charge in [0.05, 0.1) is 13.2 Å². The molecule has 0 fully saturated rings. The van der Waals surface area contributed by atoms with Crippen molar-refractivity contribution in [3.8, 4) is 0 Å². The van der Waals surface area contributed by atoms with E-state index in [1.54, 1.807) is 45.0 Å². The Morgan fingerprint density at radius 3 is 1.89 bits per heavy atom. The summed E-state index contributed by atoms with van der Waals surface area (Å²) < 4.78 is 13.9.